The van der Waals surface area contributed by atoms with Crippen molar-refractivity contribution in [2.45, 2.75) is 26.7 Å². The third kappa shape index (κ3) is 4.00. The molecule has 8 nitrogen and oxygen atoms in total. The molecular formula is C22H23N7OS. The number of anilines is 2. The van der Waals surface area contributed by atoms with Crippen LogP contribution in [0.25, 0.3) is 16.0 Å². The Morgan fingerprint density at radius 1 is 1.16 bits per heavy atom. The first-order valence-electron chi connectivity index (χ1n) is 10.3. The summed E-state index contributed by atoms with van der Waals surface area (Å²) in [6.07, 6.45) is 3.34. The van der Waals surface area contributed by atoms with Crippen LogP contribution in [0.1, 0.15) is 24.2 Å². The molecule has 0 aliphatic carbocycles. The molecule has 1 atom stereocenters. The van der Waals surface area contributed by atoms with Crippen LogP contribution in [-0.2, 0) is 4.79 Å². The molecule has 1 aliphatic heterocycles. The lowest BCUT2D eigenvalue weighted by atomic mass is 9.97. The zero-order chi connectivity index (χ0) is 21.4. The summed E-state index contributed by atoms with van der Waals surface area (Å²) in [5, 5.41) is 8.18. The van der Waals surface area contributed by atoms with Crippen molar-refractivity contribution in [3.8, 4) is 5.82 Å². The standard InChI is InChI=1S/C22H23N7OS/c1-14-10-15(2)29(27-14)20-11-19(23-13-24-20)28-9-5-6-16(12-28)21(30)26-22-25-17-7-3-4-8-18(17)31-22/h3-4,7-8,10-11,13,16H,5-6,9,12H2,1-2H3,(H,25,26,30). The maximum absolute atomic E-state index is 12.9. The van der Waals surface area contributed by atoms with Crippen LogP contribution in [0.15, 0.2) is 42.7 Å². The summed E-state index contributed by atoms with van der Waals surface area (Å²) in [4.78, 5) is 28.5. The lowest BCUT2D eigenvalue weighted by molar-refractivity contribution is -0.120. The zero-order valence-corrected chi connectivity index (χ0v) is 18.3. The van der Waals surface area contributed by atoms with Gasteiger partial charge in [0.05, 0.1) is 21.8 Å². The number of piperidine rings is 1. The molecule has 1 aromatic carbocycles. The Balaban J connectivity index is 1.31. The number of benzene rings is 1. The minimum atomic E-state index is -0.118. The molecular weight excluding hydrogens is 410 g/mol. The van der Waals surface area contributed by atoms with Gasteiger partial charge in [-0.25, -0.2) is 19.6 Å². The number of aryl methyl sites for hydroxylation is 2. The predicted molar refractivity (Wildman–Crippen MR) is 122 cm³/mol. The van der Waals surface area contributed by atoms with Crippen LogP contribution in [-0.4, -0.2) is 43.7 Å². The van der Waals surface area contributed by atoms with Gasteiger partial charge in [-0.3, -0.25) is 4.79 Å². The maximum atomic E-state index is 12.9. The quantitative estimate of drug-likeness (QED) is 0.527. The molecule has 1 saturated heterocycles. The van der Waals surface area contributed by atoms with Gasteiger partial charge in [0.1, 0.15) is 12.1 Å². The Morgan fingerprint density at radius 3 is 2.81 bits per heavy atom. The van der Waals surface area contributed by atoms with Gasteiger partial charge in [0.15, 0.2) is 10.9 Å². The Labute approximate surface area is 184 Å². The van der Waals surface area contributed by atoms with E-state index in [0.717, 1.165) is 52.6 Å². The third-order valence-electron chi connectivity index (χ3n) is 5.51. The number of hydrogen-bond donors (Lipinski definition) is 1. The van der Waals surface area contributed by atoms with E-state index in [1.54, 1.807) is 6.33 Å². The molecule has 0 spiro atoms. The largest absolute Gasteiger partial charge is 0.356 e. The van der Waals surface area contributed by atoms with Gasteiger partial charge in [-0.05, 0) is 44.9 Å². The molecule has 31 heavy (non-hydrogen) atoms. The molecule has 0 bridgehead atoms. The second kappa shape index (κ2) is 8.07. The van der Waals surface area contributed by atoms with Gasteiger partial charge in [-0.1, -0.05) is 23.5 Å². The molecule has 0 saturated carbocycles. The topological polar surface area (TPSA) is 88.8 Å². The first-order chi connectivity index (χ1) is 15.1. The van der Waals surface area contributed by atoms with E-state index in [2.05, 4.69) is 30.3 Å². The summed E-state index contributed by atoms with van der Waals surface area (Å²) in [7, 11) is 0. The molecule has 1 N–H and O–H groups in total. The van der Waals surface area contributed by atoms with Crippen molar-refractivity contribution in [1.82, 2.24) is 24.7 Å². The highest BCUT2D eigenvalue weighted by atomic mass is 32.1. The number of nitrogens with one attached hydrogen (secondary N) is 1. The van der Waals surface area contributed by atoms with Gasteiger partial charge in [-0.2, -0.15) is 5.10 Å². The number of carbonyl (C=O) groups excluding carboxylic acids is 1. The minimum absolute atomic E-state index is 0.0107. The zero-order valence-electron chi connectivity index (χ0n) is 17.4. The second-order valence-corrected chi connectivity index (χ2v) is 8.87. The number of carbonyl (C=O) groups is 1. The Kier molecular flexibility index (Phi) is 5.11. The minimum Gasteiger partial charge on any atom is -0.356 e. The van der Waals surface area contributed by atoms with Crippen LogP contribution < -0.4 is 10.2 Å². The molecule has 9 heteroatoms. The SMILES string of the molecule is Cc1cc(C)n(-c2cc(N3CCCC(C(=O)Nc4nc5ccccc5s4)C3)ncn2)n1. The molecule has 1 unspecified atom stereocenters. The normalized spacial score (nSPS) is 16.6. The highest BCUT2D eigenvalue weighted by Gasteiger charge is 2.27. The van der Waals surface area contributed by atoms with Gasteiger partial charge >= 0.3 is 0 Å². The first kappa shape index (κ1) is 19.6. The van der Waals surface area contributed by atoms with Crippen LogP contribution in [0, 0.1) is 19.8 Å². The average molecular weight is 434 g/mol. The first-order valence-corrected chi connectivity index (χ1v) is 11.2. The number of para-hydroxylation sites is 1. The molecule has 3 aromatic heterocycles. The van der Waals surface area contributed by atoms with Gasteiger partial charge < -0.3 is 10.2 Å². The molecule has 0 radical (unpaired) electrons. The van der Waals surface area contributed by atoms with Gasteiger partial charge in [0.2, 0.25) is 5.91 Å². The molecule has 1 aliphatic rings. The fraction of sp³-hybridized carbons (Fsp3) is 0.318. The predicted octanol–water partition coefficient (Wildman–Crippen LogP) is 3.74. The second-order valence-electron chi connectivity index (χ2n) is 7.83. The maximum Gasteiger partial charge on any atom is 0.231 e. The number of nitrogens with zero attached hydrogens (tertiary/aromatic N) is 6. The van der Waals surface area contributed by atoms with Gasteiger partial charge in [-0.15, -0.1) is 0 Å². The summed E-state index contributed by atoms with van der Waals surface area (Å²) in [5.74, 6) is 1.44. The summed E-state index contributed by atoms with van der Waals surface area (Å²) in [6, 6.07) is 11.9. The summed E-state index contributed by atoms with van der Waals surface area (Å²) < 4.78 is 2.89. The summed E-state index contributed by atoms with van der Waals surface area (Å²) >= 11 is 1.50. The van der Waals surface area contributed by atoms with E-state index in [-0.39, 0.29) is 11.8 Å². The molecule has 4 heterocycles. The van der Waals surface area contributed by atoms with Crippen molar-refractivity contribution in [1.29, 1.82) is 0 Å². The number of amides is 1. The van der Waals surface area contributed by atoms with E-state index >= 15 is 0 Å². The summed E-state index contributed by atoms with van der Waals surface area (Å²) in [6.45, 7) is 5.44. The van der Waals surface area contributed by atoms with Crippen LogP contribution in [0.3, 0.4) is 0 Å². The fourth-order valence-electron chi connectivity index (χ4n) is 4.02. The Hall–Kier alpha value is -3.33. The number of hydrogen-bond acceptors (Lipinski definition) is 7. The lowest BCUT2D eigenvalue weighted by Gasteiger charge is -2.32. The third-order valence-corrected chi connectivity index (χ3v) is 6.46. The number of fused-ring (bicyclic) bond motifs is 1. The fourth-order valence-corrected chi connectivity index (χ4v) is 4.89. The van der Waals surface area contributed by atoms with Crippen molar-refractivity contribution >= 4 is 38.4 Å². The Morgan fingerprint density at radius 2 is 2.00 bits per heavy atom. The van der Waals surface area contributed by atoms with Crippen LogP contribution >= 0.6 is 11.3 Å². The van der Waals surface area contributed by atoms with Gasteiger partial charge in [0, 0.05) is 24.8 Å². The van der Waals surface area contributed by atoms with E-state index in [9.17, 15) is 4.79 Å². The van der Waals surface area contributed by atoms with Crippen molar-refractivity contribution in [3.63, 3.8) is 0 Å². The molecule has 158 valence electrons. The van der Waals surface area contributed by atoms with E-state index < -0.39 is 0 Å². The highest BCUT2D eigenvalue weighted by molar-refractivity contribution is 7.22. The molecule has 1 amide bonds. The molecule has 1 fully saturated rings. The highest BCUT2D eigenvalue weighted by Crippen LogP contribution is 2.28. The summed E-state index contributed by atoms with van der Waals surface area (Å²) in [5.41, 5.74) is 2.88. The number of thiazole rings is 1. The van der Waals surface area contributed by atoms with E-state index in [4.69, 9.17) is 0 Å². The monoisotopic (exact) mass is 433 g/mol. The van der Waals surface area contributed by atoms with Crippen LogP contribution in [0.4, 0.5) is 10.9 Å². The van der Waals surface area contributed by atoms with Crippen molar-refractivity contribution in [3.05, 3.63) is 54.1 Å². The molecule has 4 aromatic rings. The average Bonchev–Trinajstić information content (AvgIpc) is 3.35. The van der Waals surface area contributed by atoms with E-state index in [0.29, 0.717) is 11.7 Å². The lowest BCUT2D eigenvalue weighted by Crippen LogP contribution is -2.41. The Bertz CT molecular complexity index is 1210. The van der Waals surface area contributed by atoms with Crippen molar-refractivity contribution in [2.75, 3.05) is 23.3 Å². The number of aromatic nitrogens is 5. The van der Waals surface area contributed by atoms with E-state index in [1.807, 2.05) is 54.9 Å². The molecule has 5 rings (SSSR count). The number of rotatable bonds is 4. The van der Waals surface area contributed by atoms with Crippen LogP contribution in [0.5, 0.6) is 0 Å². The van der Waals surface area contributed by atoms with Gasteiger partial charge in [0.25, 0.3) is 0 Å². The van der Waals surface area contributed by atoms with Crippen molar-refractivity contribution in [2.24, 2.45) is 5.92 Å². The smallest absolute Gasteiger partial charge is 0.231 e. The van der Waals surface area contributed by atoms with E-state index in [1.165, 1.54) is 11.3 Å². The van der Waals surface area contributed by atoms with Crippen LogP contribution in [0.2, 0.25) is 0 Å². The van der Waals surface area contributed by atoms with Crippen molar-refractivity contribution < 1.29 is 4.79 Å².